The van der Waals surface area contributed by atoms with Gasteiger partial charge in [0, 0.05) is 13.2 Å². The maximum absolute atomic E-state index is 11.8. The van der Waals surface area contributed by atoms with E-state index >= 15 is 0 Å². The Morgan fingerprint density at radius 1 is 1.40 bits per heavy atom. The molecule has 0 saturated heterocycles. The van der Waals surface area contributed by atoms with Crippen molar-refractivity contribution in [1.29, 1.82) is 0 Å². The van der Waals surface area contributed by atoms with Gasteiger partial charge in [-0.2, -0.15) is 0 Å². The van der Waals surface area contributed by atoms with Crippen LogP contribution in [-0.2, 0) is 4.74 Å². The highest BCUT2D eigenvalue weighted by Crippen LogP contribution is 2.32. The SMILES string of the molecule is CCOC1CC(CCNC(=O)c2ccc(C(=O)O)s2)C1. The summed E-state index contributed by atoms with van der Waals surface area (Å²) >= 11 is 1.00. The minimum absolute atomic E-state index is 0.189. The van der Waals surface area contributed by atoms with E-state index in [2.05, 4.69) is 5.32 Å². The average molecular weight is 297 g/mol. The molecule has 2 N–H and O–H groups in total. The molecule has 0 aliphatic heterocycles. The molecule has 110 valence electrons. The summed E-state index contributed by atoms with van der Waals surface area (Å²) in [5, 5.41) is 11.6. The molecule has 1 aliphatic carbocycles. The maximum atomic E-state index is 11.8. The number of rotatable bonds is 7. The third-order valence-corrected chi connectivity index (χ3v) is 4.55. The van der Waals surface area contributed by atoms with Gasteiger partial charge in [-0.1, -0.05) is 0 Å². The van der Waals surface area contributed by atoms with Crippen molar-refractivity contribution in [3.8, 4) is 0 Å². The summed E-state index contributed by atoms with van der Waals surface area (Å²) in [5.41, 5.74) is 0. The van der Waals surface area contributed by atoms with Crippen molar-refractivity contribution in [2.75, 3.05) is 13.2 Å². The predicted molar refractivity (Wildman–Crippen MR) is 76.4 cm³/mol. The third-order valence-electron chi connectivity index (χ3n) is 3.47. The number of amides is 1. The van der Waals surface area contributed by atoms with Crippen LogP contribution in [0.1, 0.15) is 45.5 Å². The predicted octanol–water partition coefficient (Wildman–Crippen LogP) is 2.38. The molecule has 0 radical (unpaired) electrons. The number of hydrogen-bond acceptors (Lipinski definition) is 4. The molecule has 2 rings (SSSR count). The summed E-state index contributed by atoms with van der Waals surface area (Å²) in [6, 6.07) is 3.01. The van der Waals surface area contributed by atoms with E-state index in [0.717, 1.165) is 37.2 Å². The average Bonchev–Trinajstić information content (AvgIpc) is 2.85. The molecule has 1 aliphatic rings. The summed E-state index contributed by atoms with van der Waals surface area (Å²) in [6.07, 6.45) is 3.50. The van der Waals surface area contributed by atoms with Gasteiger partial charge in [0.15, 0.2) is 0 Å². The molecule has 1 amide bonds. The van der Waals surface area contributed by atoms with Crippen molar-refractivity contribution in [3.63, 3.8) is 0 Å². The first-order valence-corrected chi connectivity index (χ1v) is 7.64. The molecule has 1 aromatic rings. The molecule has 6 heteroatoms. The highest BCUT2D eigenvalue weighted by Gasteiger charge is 2.28. The zero-order valence-corrected chi connectivity index (χ0v) is 12.2. The number of aromatic carboxylic acids is 1. The van der Waals surface area contributed by atoms with Crippen LogP contribution in [0.3, 0.4) is 0 Å². The molecular weight excluding hydrogens is 278 g/mol. The second-order valence-electron chi connectivity index (χ2n) is 4.93. The van der Waals surface area contributed by atoms with E-state index in [1.165, 1.54) is 6.07 Å². The van der Waals surface area contributed by atoms with Crippen LogP contribution in [-0.4, -0.2) is 36.2 Å². The van der Waals surface area contributed by atoms with Crippen molar-refractivity contribution < 1.29 is 19.4 Å². The lowest BCUT2D eigenvalue weighted by atomic mass is 9.80. The Morgan fingerprint density at radius 2 is 2.10 bits per heavy atom. The summed E-state index contributed by atoms with van der Waals surface area (Å²) < 4.78 is 5.49. The fraction of sp³-hybridized carbons (Fsp3) is 0.571. The van der Waals surface area contributed by atoms with Gasteiger partial charge in [0.25, 0.3) is 5.91 Å². The topological polar surface area (TPSA) is 75.6 Å². The fourth-order valence-corrected chi connectivity index (χ4v) is 3.10. The molecule has 20 heavy (non-hydrogen) atoms. The van der Waals surface area contributed by atoms with Gasteiger partial charge in [-0.25, -0.2) is 4.79 Å². The lowest BCUT2D eigenvalue weighted by Gasteiger charge is -2.34. The van der Waals surface area contributed by atoms with Crippen LogP contribution in [0, 0.1) is 5.92 Å². The van der Waals surface area contributed by atoms with Crippen molar-refractivity contribution in [2.45, 2.75) is 32.3 Å². The number of carboxylic acid groups (broad SMARTS) is 1. The van der Waals surface area contributed by atoms with Crippen LogP contribution < -0.4 is 5.32 Å². The molecule has 0 aromatic carbocycles. The van der Waals surface area contributed by atoms with Gasteiger partial charge in [0.05, 0.1) is 11.0 Å². The van der Waals surface area contributed by atoms with E-state index < -0.39 is 5.97 Å². The standard InChI is InChI=1S/C14H19NO4S/c1-2-19-10-7-9(8-10)5-6-15-13(16)11-3-4-12(20-11)14(17)18/h3-4,9-10H,2,5-8H2,1H3,(H,15,16)(H,17,18). The third kappa shape index (κ3) is 3.80. The monoisotopic (exact) mass is 297 g/mol. The number of thiophene rings is 1. The van der Waals surface area contributed by atoms with Gasteiger partial charge in [0.1, 0.15) is 4.88 Å². The molecule has 0 unspecified atom stereocenters. The molecular formula is C14H19NO4S. The van der Waals surface area contributed by atoms with Gasteiger partial charge in [-0.3, -0.25) is 4.79 Å². The number of carbonyl (C=O) groups is 2. The first-order valence-electron chi connectivity index (χ1n) is 6.83. The van der Waals surface area contributed by atoms with Crippen molar-refractivity contribution >= 4 is 23.2 Å². The molecule has 0 bridgehead atoms. The van der Waals surface area contributed by atoms with Crippen molar-refractivity contribution in [2.24, 2.45) is 5.92 Å². The van der Waals surface area contributed by atoms with E-state index in [9.17, 15) is 9.59 Å². The summed E-state index contributed by atoms with van der Waals surface area (Å²) in [4.78, 5) is 23.2. The van der Waals surface area contributed by atoms with Gasteiger partial charge < -0.3 is 15.2 Å². The molecule has 1 aromatic heterocycles. The number of hydrogen-bond donors (Lipinski definition) is 2. The quantitative estimate of drug-likeness (QED) is 0.810. The first kappa shape index (κ1) is 15.0. The number of ether oxygens (including phenoxy) is 1. The fourth-order valence-electron chi connectivity index (χ4n) is 2.33. The summed E-state index contributed by atoms with van der Waals surface area (Å²) in [7, 11) is 0. The van der Waals surface area contributed by atoms with E-state index in [1.54, 1.807) is 6.07 Å². The number of carbonyl (C=O) groups excluding carboxylic acids is 1. The highest BCUT2D eigenvalue weighted by atomic mass is 32.1. The molecule has 1 heterocycles. The first-order chi connectivity index (χ1) is 9.60. The number of carboxylic acids is 1. The molecule has 0 spiro atoms. The summed E-state index contributed by atoms with van der Waals surface area (Å²) in [6.45, 7) is 3.39. The maximum Gasteiger partial charge on any atom is 0.345 e. The Balaban J connectivity index is 1.67. The number of nitrogens with one attached hydrogen (secondary N) is 1. The zero-order valence-electron chi connectivity index (χ0n) is 11.4. The minimum Gasteiger partial charge on any atom is -0.477 e. The second kappa shape index (κ2) is 6.85. The Morgan fingerprint density at radius 3 is 2.70 bits per heavy atom. The molecule has 1 saturated carbocycles. The summed E-state index contributed by atoms with van der Waals surface area (Å²) in [5.74, 6) is -0.557. The van der Waals surface area contributed by atoms with Crippen LogP contribution >= 0.6 is 11.3 Å². The Kier molecular flexibility index (Phi) is 5.14. The largest absolute Gasteiger partial charge is 0.477 e. The van der Waals surface area contributed by atoms with Gasteiger partial charge in [0.2, 0.25) is 0 Å². The zero-order chi connectivity index (χ0) is 14.5. The van der Waals surface area contributed by atoms with Crippen molar-refractivity contribution in [1.82, 2.24) is 5.32 Å². The van der Waals surface area contributed by atoms with E-state index in [4.69, 9.17) is 9.84 Å². The smallest absolute Gasteiger partial charge is 0.345 e. The molecule has 5 nitrogen and oxygen atoms in total. The lowest BCUT2D eigenvalue weighted by Crippen LogP contribution is -2.34. The van der Waals surface area contributed by atoms with Crippen LogP contribution in [0.5, 0.6) is 0 Å². The van der Waals surface area contributed by atoms with Gasteiger partial charge in [-0.05, 0) is 44.2 Å². The van der Waals surface area contributed by atoms with Crippen molar-refractivity contribution in [3.05, 3.63) is 21.9 Å². The lowest BCUT2D eigenvalue weighted by molar-refractivity contribution is -0.0261. The Labute approximate surface area is 121 Å². The van der Waals surface area contributed by atoms with E-state index in [-0.39, 0.29) is 10.8 Å². The van der Waals surface area contributed by atoms with E-state index in [0.29, 0.717) is 23.4 Å². The van der Waals surface area contributed by atoms with E-state index in [1.807, 2.05) is 6.92 Å². The molecule has 0 atom stereocenters. The van der Waals surface area contributed by atoms with Crippen LogP contribution in [0.25, 0.3) is 0 Å². The van der Waals surface area contributed by atoms with Crippen LogP contribution in [0.15, 0.2) is 12.1 Å². The Hall–Kier alpha value is -1.40. The Bertz CT molecular complexity index is 479. The van der Waals surface area contributed by atoms with Gasteiger partial charge >= 0.3 is 5.97 Å². The van der Waals surface area contributed by atoms with Crippen LogP contribution in [0.2, 0.25) is 0 Å². The highest BCUT2D eigenvalue weighted by molar-refractivity contribution is 7.15. The second-order valence-corrected chi connectivity index (χ2v) is 6.01. The van der Waals surface area contributed by atoms with Crippen LogP contribution in [0.4, 0.5) is 0 Å². The van der Waals surface area contributed by atoms with Gasteiger partial charge in [-0.15, -0.1) is 11.3 Å². The molecule has 1 fully saturated rings. The normalized spacial score (nSPS) is 21.2. The minimum atomic E-state index is -0.995.